The predicted molar refractivity (Wildman–Crippen MR) is 102 cm³/mol. The Morgan fingerprint density at radius 1 is 1.10 bits per heavy atom. The maximum absolute atomic E-state index is 12.6. The minimum absolute atomic E-state index is 0.0608. The number of amides is 1. The summed E-state index contributed by atoms with van der Waals surface area (Å²) in [4.78, 5) is 17.3. The zero-order chi connectivity index (χ0) is 20.4. The van der Waals surface area contributed by atoms with Gasteiger partial charge in [-0.05, 0) is 37.1 Å². The number of anilines is 1. The number of aryl methyl sites for hydroxylation is 2. The molecule has 0 spiro atoms. The van der Waals surface area contributed by atoms with E-state index in [2.05, 4.69) is 19.6 Å². The molecule has 0 unspecified atom stereocenters. The monoisotopic (exact) mass is 401 g/mol. The molecule has 0 atom stereocenters. The van der Waals surface area contributed by atoms with Crippen LogP contribution in [-0.2, 0) is 13.0 Å². The van der Waals surface area contributed by atoms with Gasteiger partial charge in [0.2, 0.25) is 0 Å². The van der Waals surface area contributed by atoms with Gasteiger partial charge in [-0.2, -0.15) is 0 Å². The zero-order valence-electron chi connectivity index (χ0n) is 15.4. The second-order valence-corrected chi connectivity index (χ2v) is 6.77. The molecular formula is C21H18F3N3O2. The third kappa shape index (κ3) is 4.42. The number of para-hydroxylation sites is 1. The average Bonchev–Trinajstić information content (AvgIpc) is 3.11. The molecular weight excluding hydrogens is 383 g/mol. The van der Waals surface area contributed by atoms with Crippen LogP contribution in [0.15, 0.2) is 54.7 Å². The number of hydrogen-bond donors (Lipinski definition) is 1. The minimum atomic E-state index is -4.82. The SMILES string of the molecule is O=C(Nc1ccccc1-c1cn2c(n1)CCCC2)c1cccc(OC(F)(F)F)c1. The van der Waals surface area contributed by atoms with Gasteiger partial charge >= 0.3 is 6.36 Å². The molecule has 5 nitrogen and oxygen atoms in total. The molecule has 1 amide bonds. The first-order chi connectivity index (χ1) is 13.9. The van der Waals surface area contributed by atoms with Gasteiger partial charge in [0.25, 0.3) is 5.91 Å². The van der Waals surface area contributed by atoms with E-state index in [0.29, 0.717) is 5.69 Å². The number of rotatable bonds is 4. The Morgan fingerprint density at radius 2 is 1.93 bits per heavy atom. The van der Waals surface area contributed by atoms with Crippen LogP contribution < -0.4 is 10.1 Å². The van der Waals surface area contributed by atoms with Gasteiger partial charge in [-0.3, -0.25) is 4.79 Å². The van der Waals surface area contributed by atoms with Gasteiger partial charge in [0.15, 0.2) is 0 Å². The van der Waals surface area contributed by atoms with Gasteiger partial charge in [-0.1, -0.05) is 24.3 Å². The Hall–Kier alpha value is -3.29. The smallest absolute Gasteiger partial charge is 0.406 e. The summed E-state index contributed by atoms with van der Waals surface area (Å²) in [6.45, 7) is 0.920. The first kappa shape index (κ1) is 19.0. The number of hydrogen-bond acceptors (Lipinski definition) is 3. The molecule has 0 aliphatic carbocycles. The van der Waals surface area contributed by atoms with Crippen LogP contribution in [0.1, 0.15) is 29.0 Å². The molecule has 0 bridgehead atoms. The van der Waals surface area contributed by atoms with E-state index in [1.807, 2.05) is 18.3 Å². The van der Waals surface area contributed by atoms with Crippen LogP contribution in [0.5, 0.6) is 5.75 Å². The van der Waals surface area contributed by atoms with Crippen molar-refractivity contribution in [2.24, 2.45) is 0 Å². The van der Waals surface area contributed by atoms with E-state index in [1.165, 1.54) is 12.1 Å². The van der Waals surface area contributed by atoms with Crippen molar-refractivity contribution in [2.45, 2.75) is 32.2 Å². The summed E-state index contributed by atoms with van der Waals surface area (Å²) in [5.74, 6) is 0.0404. The predicted octanol–water partition coefficient (Wildman–Crippen LogP) is 5.04. The molecule has 150 valence electrons. The highest BCUT2D eigenvalue weighted by Gasteiger charge is 2.31. The van der Waals surface area contributed by atoms with Gasteiger partial charge in [-0.15, -0.1) is 13.2 Å². The fraction of sp³-hybridized carbons (Fsp3) is 0.238. The van der Waals surface area contributed by atoms with E-state index < -0.39 is 18.0 Å². The first-order valence-electron chi connectivity index (χ1n) is 9.22. The average molecular weight is 401 g/mol. The van der Waals surface area contributed by atoms with Crippen molar-refractivity contribution in [2.75, 3.05) is 5.32 Å². The quantitative estimate of drug-likeness (QED) is 0.667. The van der Waals surface area contributed by atoms with E-state index in [0.717, 1.165) is 55.0 Å². The van der Waals surface area contributed by atoms with E-state index in [9.17, 15) is 18.0 Å². The first-order valence-corrected chi connectivity index (χ1v) is 9.22. The molecule has 0 saturated heterocycles. The topological polar surface area (TPSA) is 56.2 Å². The molecule has 1 aliphatic heterocycles. The number of nitrogens with one attached hydrogen (secondary N) is 1. The lowest BCUT2D eigenvalue weighted by Crippen LogP contribution is -2.18. The van der Waals surface area contributed by atoms with Crippen LogP contribution in [-0.4, -0.2) is 21.8 Å². The van der Waals surface area contributed by atoms with Crippen molar-refractivity contribution in [1.82, 2.24) is 9.55 Å². The number of ether oxygens (including phenoxy) is 1. The highest BCUT2D eigenvalue weighted by Crippen LogP contribution is 2.30. The number of nitrogens with zero attached hydrogens (tertiary/aromatic N) is 2. The maximum atomic E-state index is 12.6. The molecule has 29 heavy (non-hydrogen) atoms. The Labute approximate surface area is 165 Å². The Morgan fingerprint density at radius 3 is 2.72 bits per heavy atom. The van der Waals surface area contributed by atoms with Gasteiger partial charge in [-0.25, -0.2) is 4.98 Å². The molecule has 0 radical (unpaired) electrons. The Balaban J connectivity index is 1.58. The van der Waals surface area contributed by atoms with Gasteiger partial charge in [0.05, 0.1) is 11.4 Å². The largest absolute Gasteiger partial charge is 0.573 e. The van der Waals surface area contributed by atoms with Crippen molar-refractivity contribution >= 4 is 11.6 Å². The summed E-state index contributed by atoms with van der Waals surface area (Å²) in [7, 11) is 0. The van der Waals surface area contributed by atoms with Gasteiger partial charge in [0.1, 0.15) is 11.6 Å². The van der Waals surface area contributed by atoms with Crippen LogP contribution in [0.3, 0.4) is 0 Å². The molecule has 1 aliphatic rings. The highest BCUT2D eigenvalue weighted by molar-refractivity contribution is 6.06. The Bertz CT molecular complexity index is 1020. The van der Waals surface area contributed by atoms with Crippen LogP contribution in [0.25, 0.3) is 11.3 Å². The number of carbonyl (C=O) groups is 1. The second kappa shape index (κ2) is 7.62. The zero-order valence-corrected chi connectivity index (χ0v) is 15.4. The molecule has 1 N–H and O–H groups in total. The lowest BCUT2D eigenvalue weighted by atomic mass is 10.1. The Kier molecular flexibility index (Phi) is 5.00. The van der Waals surface area contributed by atoms with Gasteiger partial charge < -0.3 is 14.6 Å². The summed E-state index contributed by atoms with van der Waals surface area (Å²) >= 11 is 0. The van der Waals surface area contributed by atoms with Crippen molar-refractivity contribution in [3.63, 3.8) is 0 Å². The van der Waals surface area contributed by atoms with Gasteiger partial charge in [0, 0.05) is 30.3 Å². The number of fused-ring (bicyclic) bond motifs is 1. The number of alkyl halides is 3. The number of imidazole rings is 1. The fourth-order valence-corrected chi connectivity index (χ4v) is 3.39. The molecule has 8 heteroatoms. The fourth-order valence-electron chi connectivity index (χ4n) is 3.39. The van der Waals surface area contributed by atoms with Crippen molar-refractivity contribution in [3.05, 3.63) is 66.1 Å². The normalized spacial score (nSPS) is 13.6. The minimum Gasteiger partial charge on any atom is -0.406 e. The molecule has 3 aromatic rings. The molecule has 2 heterocycles. The second-order valence-electron chi connectivity index (χ2n) is 6.77. The number of halogens is 3. The van der Waals surface area contributed by atoms with Crippen LogP contribution in [0, 0.1) is 0 Å². The molecule has 4 rings (SSSR count). The number of carbonyl (C=O) groups excluding carboxylic acids is 1. The molecule has 2 aromatic carbocycles. The van der Waals surface area contributed by atoms with E-state index in [4.69, 9.17) is 0 Å². The van der Waals surface area contributed by atoms with E-state index in [1.54, 1.807) is 12.1 Å². The number of benzene rings is 2. The third-order valence-electron chi connectivity index (χ3n) is 4.69. The number of aromatic nitrogens is 2. The van der Waals surface area contributed by atoms with Crippen LogP contribution in [0.2, 0.25) is 0 Å². The summed E-state index contributed by atoms with van der Waals surface area (Å²) in [6.07, 6.45) is 0.280. The molecule has 1 aromatic heterocycles. The van der Waals surface area contributed by atoms with Crippen molar-refractivity contribution < 1.29 is 22.7 Å². The summed E-state index contributed by atoms with van der Waals surface area (Å²) in [5.41, 5.74) is 2.11. The van der Waals surface area contributed by atoms with Crippen molar-refractivity contribution in [3.8, 4) is 17.0 Å². The third-order valence-corrected chi connectivity index (χ3v) is 4.69. The highest BCUT2D eigenvalue weighted by atomic mass is 19.4. The summed E-state index contributed by atoms with van der Waals surface area (Å²) in [6, 6.07) is 12.2. The molecule has 0 saturated carbocycles. The van der Waals surface area contributed by atoms with E-state index in [-0.39, 0.29) is 5.56 Å². The summed E-state index contributed by atoms with van der Waals surface area (Å²) in [5, 5.41) is 2.77. The standard InChI is InChI=1S/C21H18F3N3O2/c22-21(23,24)29-15-7-5-6-14(12-15)20(28)26-17-9-2-1-8-16(17)18-13-27-11-4-3-10-19(27)25-18/h1-2,5-9,12-13H,3-4,10-11H2,(H,26,28). The van der Waals surface area contributed by atoms with Crippen LogP contribution >= 0.6 is 0 Å². The molecule has 0 fully saturated rings. The lowest BCUT2D eigenvalue weighted by molar-refractivity contribution is -0.274. The maximum Gasteiger partial charge on any atom is 0.573 e. The van der Waals surface area contributed by atoms with E-state index >= 15 is 0 Å². The summed E-state index contributed by atoms with van der Waals surface area (Å²) < 4.78 is 43.3. The lowest BCUT2D eigenvalue weighted by Gasteiger charge is -2.12. The van der Waals surface area contributed by atoms with Crippen LogP contribution in [0.4, 0.5) is 18.9 Å². The van der Waals surface area contributed by atoms with Crippen molar-refractivity contribution in [1.29, 1.82) is 0 Å².